The van der Waals surface area contributed by atoms with Gasteiger partial charge in [-0.25, -0.2) is 4.39 Å². The van der Waals surface area contributed by atoms with E-state index in [4.69, 9.17) is 0 Å². The molecule has 2 aromatic rings. The van der Waals surface area contributed by atoms with Crippen LogP contribution in [0.15, 0.2) is 42.5 Å². The number of carbonyl (C=O) groups is 2. The summed E-state index contributed by atoms with van der Waals surface area (Å²) in [7, 11) is 0. The SMILES string of the molecule is Cc1ccc(NC(=O)C(=O)NCCc2ccc(N3CCCC3)cc2)cc1F. The second-order valence-corrected chi connectivity index (χ2v) is 6.78. The lowest BCUT2D eigenvalue weighted by Crippen LogP contribution is -2.36. The van der Waals surface area contributed by atoms with Crippen LogP contribution in [0.3, 0.4) is 0 Å². The summed E-state index contributed by atoms with van der Waals surface area (Å²) in [5.41, 5.74) is 3.06. The molecule has 27 heavy (non-hydrogen) atoms. The highest BCUT2D eigenvalue weighted by Crippen LogP contribution is 2.20. The van der Waals surface area contributed by atoms with Gasteiger partial charge in [0, 0.05) is 31.0 Å². The van der Waals surface area contributed by atoms with E-state index in [1.54, 1.807) is 19.1 Å². The fraction of sp³-hybridized carbons (Fsp3) is 0.333. The predicted octanol–water partition coefficient (Wildman–Crippen LogP) is 3.03. The Hall–Kier alpha value is -2.89. The summed E-state index contributed by atoms with van der Waals surface area (Å²) in [6.45, 7) is 4.20. The van der Waals surface area contributed by atoms with E-state index in [-0.39, 0.29) is 5.69 Å². The van der Waals surface area contributed by atoms with Gasteiger partial charge in [0.1, 0.15) is 5.82 Å². The first kappa shape index (κ1) is 18.9. The van der Waals surface area contributed by atoms with E-state index in [0.29, 0.717) is 18.5 Å². The molecule has 1 fully saturated rings. The van der Waals surface area contributed by atoms with Crippen molar-refractivity contribution in [1.29, 1.82) is 0 Å². The van der Waals surface area contributed by atoms with Crippen LogP contribution in [0.25, 0.3) is 0 Å². The fourth-order valence-corrected chi connectivity index (χ4v) is 3.11. The first-order chi connectivity index (χ1) is 13.0. The van der Waals surface area contributed by atoms with E-state index in [0.717, 1.165) is 18.7 Å². The monoisotopic (exact) mass is 369 g/mol. The molecule has 0 saturated carbocycles. The van der Waals surface area contributed by atoms with Gasteiger partial charge >= 0.3 is 11.8 Å². The Morgan fingerprint density at radius 1 is 1.04 bits per heavy atom. The Morgan fingerprint density at radius 3 is 2.41 bits per heavy atom. The maximum absolute atomic E-state index is 13.5. The third-order valence-corrected chi connectivity index (χ3v) is 4.74. The van der Waals surface area contributed by atoms with Crippen LogP contribution in [-0.2, 0) is 16.0 Å². The summed E-state index contributed by atoms with van der Waals surface area (Å²) in [5.74, 6) is -1.96. The minimum atomic E-state index is -0.803. The summed E-state index contributed by atoms with van der Waals surface area (Å²) < 4.78 is 13.5. The predicted molar refractivity (Wildman–Crippen MR) is 104 cm³/mol. The van der Waals surface area contributed by atoms with Crippen molar-refractivity contribution in [3.8, 4) is 0 Å². The minimum Gasteiger partial charge on any atom is -0.372 e. The van der Waals surface area contributed by atoms with Crippen molar-refractivity contribution in [3.05, 3.63) is 59.4 Å². The number of nitrogens with one attached hydrogen (secondary N) is 2. The van der Waals surface area contributed by atoms with Gasteiger partial charge in [-0.2, -0.15) is 0 Å². The lowest BCUT2D eigenvalue weighted by atomic mass is 10.1. The normalized spacial score (nSPS) is 13.5. The molecule has 5 nitrogen and oxygen atoms in total. The van der Waals surface area contributed by atoms with E-state index in [2.05, 4.69) is 39.8 Å². The van der Waals surface area contributed by atoms with Crippen LogP contribution in [-0.4, -0.2) is 31.4 Å². The molecule has 0 unspecified atom stereocenters. The molecule has 142 valence electrons. The average molecular weight is 369 g/mol. The molecule has 0 atom stereocenters. The molecule has 1 aliphatic heterocycles. The molecule has 1 saturated heterocycles. The Balaban J connectivity index is 1.44. The van der Waals surface area contributed by atoms with Crippen LogP contribution in [0, 0.1) is 12.7 Å². The Labute approximate surface area is 158 Å². The number of benzene rings is 2. The topological polar surface area (TPSA) is 61.4 Å². The molecular weight excluding hydrogens is 345 g/mol. The smallest absolute Gasteiger partial charge is 0.313 e. The minimum absolute atomic E-state index is 0.260. The van der Waals surface area contributed by atoms with Crippen LogP contribution in [0.4, 0.5) is 15.8 Å². The summed E-state index contributed by atoms with van der Waals surface area (Å²) in [4.78, 5) is 26.2. The van der Waals surface area contributed by atoms with Crippen LogP contribution >= 0.6 is 0 Å². The number of halogens is 1. The molecule has 2 amide bonds. The van der Waals surface area contributed by atoms with Crippen molar-refractivity contribution in [1.82, 2.24) is 5.32 Å². The van der Waals surface area contributed by atoms with Crippen molar-refractivity contribution in [3.63, 3.8) is 0 Å². The number of amides is 2. The van der Waals surface area contributed by atoms with Gasteiger partial charge in [0.2, 0.25) is 0 Å². The lowest BCUT2D eigenvalue weighted by Gasteiger charge is -2.17. The summed E-state index contributed by atoms with van der Waals surface area (Å²) in [6, 6.07) is 12.6. The quantitative estimate of drug-likeness (QED) is 0.797. The van der Waals surface area contributed by atoms with E-state index in [9.17, 15) is 14.0 Å². The van der Waals surface area contributed by atoms with Crippen molar-refractivity contribution in [2.75, 3.05) is 29.9 Å². The lowest BCUT2D eigenvalue weighted by molar-refractivity contribution is -0.136. The highest BCUT2D eigenvalue weighted by molar-refractivity contribution is 6.39. The molecule has 1 aliphatic rings. The number of hydrogen-bond acceptors (Lipinski definition) is 3. The Bertz CT molecular complexity index is 815. The molecule has 1 heterocycles. The zero-order valence-electron chi connectivity index (χ0n) is 15.4. The molecule has 2 N–H and O–H groups in total. The highest BCUT2D eigenvalue weighted by atomic mass is 19.1. The zero-order valence-corrected chi connectivity index (χ0v) is 15.4. The number of rotatable bonds is 5. The third kappa shape index (κ3) is 5.06. The molecule has 3 rings (SSSR count). The maximum atomic E-state index is 13.5. The standard InChI is InChI=1S/C21H24FN3O2/c1-15-4-7-17(14-19(15)22)24-21(27)20(26)23-11-10-16-5-8-18(9-6-16)25-12-2-3-13-25/h4-9,14H,2-3,10-13H2,1H3,(H,23,26)(H,24,27). The van der Waals surface area contributed by atoms with Crippen LogP contribution in [0.5, 0.6) is 0 Å². The number of carbonyl (C=O) groups excluding carboxylic acids is 2. The van der Waals surface area contributed by atoms with Crippen LogP contribution < -0.4 is 15.5 Å². The fourth-order valence-electron chi connectivity index (χ4n) is 3.11. The number of hydrogen-bond donors (Lipinski definition) is 2. The van der Waals surface area contributed by atoms with E-state index in [1.807, 2.05) is 0 Å². The number of aryl methyl sites for hydroxylation is 1. The Morgan fingerprint density at radius 2 is 1.74 bits per heavy atom. The van der Waals surface area contributed by atoms with Gasteiger partial charge in [0.25, 0.3) is 0 Å². The first-order valence-electron chi connectivity index (χ1n) is 9.22. The summed E-state index contributed by atoms with van der Waals surface area (Å²) in [6.07, 6.45) is 3.12. The van der Waals surface area contributed by atoms with E-state index >= 15 is 0 Å². The van der Waals surface area contributed by atoms with Crippen LogP contribution in [0.2, 0.25) is 0 Å². The molecular formula is C21H24FN3O2. The maximum Gasteiger partial charge on any atom is 0.313 e. The van der Waals surface area contributed by atoms with Gasteiger partial charge in [0.15, 0.2) is 0 Å². The van der Waals surface area contributed by atoms with Crippen LogP contribution in [0.1, 0.15) is 24.0 Å². The number of nitrogens with zero attached hydrogens (tertiary/aromatic N) is 1. The molecule has 0 aromatic heterocycles. The molecule has 0 spiro atoms. The molecule has 0 radical (unpaired) electrons. The second-order valence-electron chi connectivity index (χ2n) is 6.78. The zero-order chi connectivity index (χ0) is 19.2. The Kier molecular flexibility index (Phi) is 6.06. The average Bonchev–Trinajstić information content (AvgIpc) is 3.20. The third-order valence-electron chi connectivity index (χ3n) is 4.74. The highest BCUT2D eigenvalue weighted by Gasteiger charge is 2.14. The van der Waals surface area contributed by atoms with Gasteiger partial charge in [-0.15, -0.1) is 0 Å². The van der Waals surface area contributed by atoms with Gasteiger partial charge in [-0.05, 0) is 61.6 Å². The van der Waals surface area contributed by atoms with Gasteiger partial charge < -0.3 is 15.5 Å². The van der Waals surface area contributed by atoms with Crippen molar-refractivity contribution >= 4 is 23.2 Å². The summed E-state index contributed by atoms with van der Waals surface area (Å²) in [5, 5.41) is 4.99. The van der Waals surface area contributed by atoms with E-state index < -0.39 is 17.6 Å². The molecule has 0 bridgehead atoms. The first-order valence-corrected chi connectivity index (χ1v) is 9.22. The van der Waals surface area contributed by atoms with Crippen molar-refractivity contribution in [2.45, 2.75) is 26.2 Å². The second kappa shape index (κ2) is 8.66. The van der Waals surface area contributed by atoms with Crippen molar-refractivity contribution in [2.24, 2.45) is 0 Å². The van der Waals surface area contributed by atoms with E-state index in [1.165, 1.54) is 24.6 Å². The molecule has 2 aromatic carbocycles. The van der Waals surface area contributed by atoms with Crippen molar-refractivity contribution < 1.29 is 14.0 Å². The summed E-state index contributed by atoms with van der Waals surface area (Å²) >= 11 is 0. The number of anilines is 2. The van der Waals surface area contributed by atoms with Gasteiger partial charge in [0.05, 0.1) is 0 Å². The molecule has 0 aliphatic carbocycles. The van der Waals surface area contributed by atoms with Gasteiger partial charge in [-0.3, -0.25) is 9.59 Å². The molecule has 6 heteroatoms. The van der Waals surface area contributed by atoms with Gasteiger partial charge in [-0.1, -0.05) is 18.2 Å². The largest absolute Gasteiger partial charge is 0.372 e.